The number of halogens is 2. The van der Waals surface area contributed by atoms with Gasteiger partial charge in [0, 0.05) is 9.52 Å². The Balaban J connectivity index is 0.000000165. The molecule has 0 saturated carbocycles. The van der Waals surface area contributed by atoms with Gasteiger partial charge in [0.15, 0.2) is 0 Å². The van der Waals surface area contributed by atoms with Crippen molar-refractivity contribution >= 4 is 28.1 Å². The quantitative estimate of drug-likeness (QED) is 0.167. The summed E-state index contributed by atoms with van der Waals surface area (Å²) in [5.74, 6) is 0. The zero-order valence-corrected chi connectivity index (χ0v) is 25.8. The molecule has 189 valence electrons. The molecule has 0 spiro atoms. The van der Waals surface area contributed by atoms with Crippen molar-refractivity contribution in [3.8, 4) is 22.3 Å². The molecule has 0 fully saturated rings. The van der Waals surface area contributed by atoms with Gasteiger partial charge in [0.2, 0.25) is 0 Å². The minimum atomic E-state index is -0.556. The molecule has 0 aromatic heterocycles. The Morgan fingerprint density at radius 2 is 0.944 bits per heavy atom. The third kappa shape index (κ3) is 8.89. The van der Waals surface area contributed by atoms with E-state index in [0.29, 0.717) is 0 Å². The molecule has 36 heavy (non-hydrogen) atoms. The van der Waals surface area contributed by atoms with Gasteiger partial charge in [0.1, 0.15) is 0 Å². The maximum Gasteiger partial charge on any atom is -0.0456 e. The molecule has 0 aliphatic heterocycles. The molecule has 0 saturated heterocycles. The topological polar surface area (TPSA) is 0 Å². The van der Waals surface area contributed by atoms with E-state index >= 15 is 0 Å². The zero-order valence-electron chi connectivity index (χ0n) is 21.6. The first-order chi connectivity index (χ1) is 17.7. The van der Waals surface area contributed by atoms with Crippen LogP contribution in [0, 0.1) is 0 Å². The maximum atomic E-state index is 4.89. The Morgan fingerprint density at radius 3 is 1.28 bits per heavy atom. The van der Waals surface area contributed by atoms with Gasteiger partial charge in [-0.25, -0.2) is 0 Å². The molecule has 1 radical (unpaired) electrons. The molecular weight excluding hydrogens is 531 g/mol. The first-order valence-electron chi connectivity index (χ1n) is 13.1. The largest absolute Gasteiger partial charge is 0.173 e. The molecule has 6 rings (SSSR count). The van der Waals surface area contributed by atoms with Gasteiger partial charge in [0.25, 0.3) is 0 Å². The summed E-state index contributed by atoms with van der Waals surface area (Å²) in [6, 6.07) is 30.9. The van der Waals surface area contributed by atoms with Crippen LogP contribution < -0.4 is 0 Å². The Bertz CT molecular complexity index is 993. The average Bonchev–Trinajstić information content (AvgIpc) is 3.56. The van der Waals surface area contributed by atoms with Crippen LogP contribution >= 0.6 is 18.6 Å². The number of benzene rings is 2. The van der Waals surface area contributed by atoms with Gasteiger partial charge in [-0.1, -0.05) is 112 Å². The van der Waals surface area contributed by atoms with Crippen molar-refractivity contribution in [1.82, 2.24) is 0 Å². The monoisotopic (exact) mass is 567 g/mol. The summed E-state index contributed by atoms with van der Waals surface area (Å²) in [6.45, 7) is 4.42. The molecule has 2 aliphatic rings. The van der Waals surface area contributed by atoms with Crippen molar-refractivity contribution in [3.05, 3.63) is 107 Å². The molecule has 0 heterocycles. The van der Waals surface area contributed by atoms with Gasteiger partial charge in [-0.05, 0) is 12.8 Å². The van der Waals surface area contributed by atoms with E-state index < -0.39 is 17.0 Å². The van der Waals surface area contributed by atoms with Crippen LogP contribution in [-0.4, -0.2) is 9.52 Å². The Labute approximate surface area is 237 Å². The summed E-state index contributed by atoms with van der Waals surface area (Å²) in [4.78, 5) is 0. The summed E-state index contributed by atoms with van der Waals surface area (Å²) in [6.07, 6.45) is 10.6. The standard InChI is InChI=1S/2C15H15.C2H7Si.2ClH.Ti/c2*1-2-6-12(7-3-1)15-10-13-8-4-5-9-14(13)11-15;1-3-2;;;/h2*1-3,6-7,10-11H,4-5,8-9H2;3H,1-2H3;2*1H;/q2*-1;;;;+2/p-2. The molecule has 0 nitrogen and oxygen atoms in total. The van der Waals surface area contributed by atoms with Crippen LogP contribution in [0.15, 0.2) is 84.9 Å². The van der Waals surface area contributed by atoms with E-state index in [4.69, 9.17) is 18.6 Å². The summed E-state index contributed by atoms with van der Waals surface area (Å²) in [5.41, 5.74) is 11.9. The van der Waals surface area contributed by atoms with Gasteiger partial charge in [-0.15, -0.1) is 45.5 Å². The second-order valence-corrected chi connectivity index (χ2v) is 13.1. The minimum Gasteiger partial charge on any atom is -0.173 e. The normalized spacial score (nSPS) is 13.3. The van der Waals surface area contributed by atoms with E-state index in [9.17, 15) is 0 Å². The number of hydrogen-bond donors (Lipinski definition) is 0. The molecule has 0 unspecified atom stereocenters. The first-order valence-corrected chi connectivity index (χ1v) is 19.7. The molecule has 2 aliphatic carbocycles. The van der Waals surface area contributed by atoms with Gasteiger partial charge in [-0.2, -0.15) is 23.3 Å². The van der Waals surface area contributed by atoms with Crippen molar-refractivity contribution in [1.29, 1.82) is 0 Å². The zero-order chi connectivity index (χ0) is 25.6. The van der Waals surface area contributed by atoms with Crippen LogP contribution in [-0.2, 0) is 42.7 Å². The summed E-state index contributed by atoms with van der Waals surface area (Å²) < 4.78 is 0. The Hall–Kier alpha value is -1.35. The van der Waals surface area contributed by atoms with Gasteiger partial charge in [-0.3, -0.25) is 0 Å². The maximum absolute atomic E-state index is 4.89. The third-order valence-corrected chi connectivity index (χ3v) is 6.64. The van der Waals surface area contributed by atoms with Gasteiger partial charge >= 0.3 is 35.6 Å². The van der Waals surface area contributed by atoms with Crippen LogP contribution in [0.25, 0.3) is 22.3 Å². The Morgan fingerprint density at radius 1 is 0.611 bits per heavy atom. The summed E-state index contributed by atoms with van der Waals surface area (Å²) in [7, 11) is 10.5. The fraction of sp³-hybridized carbons (Fsp3) is 0.312. The van der Waals surface area contributed by atoms with Crippen molar-refractivity contribution in [2.45, 2.75) is 64.5 Å². The second kappa shape index (κ2) is 16.5. The number of fused-ring (bicyclic) bond motifs is 2. The third-order valence-electron chi connectivity index (χ3n) is 6.64. The SMILES string of the molecule is C[SiH]C.[Cl][Ti][Cl].c1ccc(-c2cc3c([cH-]2)CCCC3)cc1.c1ccc(-c2cc3c([cH-]2)CCCC3)cc1. The van der Waals surface area contributed by atoms with E-state index in [1.807, 2.05) is 0 Å². The number of rotatable bonds is 2. The van der Waals surface area contributed by atoms with Crippen molar-refractivity contribution in [3.63, 3.8) is 0 Å². The van der Waals surface area contributed by atoms with Crippen LogP contribution in [0.1, 0.15) is 47.9 Å². The number of hydrogen-bond acceptors (Lipinski definition) is 0. The van der Waals surface area contributed by atoms with E-state index in [1.54, 1.807) is 22.3 Å². The predicted octanol–water partition coefficient (Wildman–Crippen LogP) is 9.80. The smallest absolute Gasteiger partial charge is 0.0456 e. The van der Waals surface area contributed by atoms with Crippen molar-refractivity contribution in [2.24, 2.45) is 0 Å². The Kier molecular flexibility index (Phi) is 13.4. The molecule has 0 amide bonds. The average molecular weight is 569 g/mol. The fourth-order valence-electron chi connectivity index (χ4n) is 4.99. The minimum absolute atomic E-state index is 0.556. The summed E-state index contributed by atoms with van der Waals surface area (Å²) >= 11 is -0.556. The van der Waals surface area contributed by atoms with Crippen molar-refractivity contribution < 1.29 is 17.0 Å². The van der Waals surface area contributed by atoms with Gasteiger partial charge < -0.3 is 0 Å². The molecular formula is C32H37Cl2SiTi-2. The molecule has 0 bridgehead atoms. The molecule has 0 atom stereocenters. The first kappa shape index (κ1) is 29.2. The van der Waals surface area contributed by atoms with E-state index in [0.717, 1.165) is 9.52 Å². The second-order valence-electron chi connectivity index (χ2n) is 9.38. The summed E-state index contributed by atoms with van der Waals surface area (Å²) in [5, 5.41) is 0. The molecule has 4 heteroatoms. The van der Waals surface area contributed by atoms with Crippen LogP contribution in [0.2, 0.25) is 13.1 Å². The van der Waals surface area contributed by atoms with Gasteiger partial charge in [0.05, 0.1) is 0 Å². The van der Waals surface area contributed by atoms with E-state index in [1.165, 1.54) is 73.6 Å². The molecule has 4 aromatic carbocycles. The fourth-order valence-corrected chi connectivity index (χ4v) is 4.99. The molecule has 0 N–H and O–H groups in total. The predicted molar refractivity (Wildman–Crippen MR) is 159 cm³/mol. The molecule has 4 aromatic rings. The van der Waals surface area contributed by atoms with Crippen LogP contribution in [0.4, 0.5) is 0 Å². The van der Waals surface area contributed by atoms with Crippen LogP contribution in [0.5, 0.6) is 0 Å². The van der Waals surface area contributed by atoms with E-state index in [2.05, 4.69) is 98.0 Å². The van der Waals surface area contributed by atoms with E-state index in [-0.39, 0.29) is 0 Å². The van der Waals surface area contributed by atoms with Crippen LogP contribution in [0.3, 0.4) is 0 Å². The van der Waals surface area contributed by atoms with Crippen molar-refractivity contribution in [2.75, 3.05) is 0 Å². The number of aryl methyl sites for hydroxylation is 4.